The second-order valence-corrected chi connectivity index (χ2v) is 8.87. The van der Waals surface area contributed by atoms with Crippen molar-refractivity contribution in [3.8, 4) is 0 Å². The molecule has 0 unspecified atom stereocenters. The van der Waals surface area contributed by atoms with Crippen molar-refractivity contribution in [2.75, 3.05) is 21.3 Å². The van der Waals surface area contributed by atoms with Crippen molar-refractivity contribution in [1.82, 2.24) is 4.98 Å². The van der Waals surface area contributed by atoms with E-state index in [0.717, 1.165) is 11.4 Å². The Morgan fingerprint density at radius 3 is 1.66 bits per heavy atom. The molecule has 3 aromatic carbocycles. The molecule has 162 valence electrons. The number of anilines is 4. The molecule has 0 bridgehead atoms. The van der Waals surface area contributed by atoms with E-state index in [1.54, 1.807) is 24.3 Å². The summed E-state index contributed by atoms with van der Waals surface area (Å²) in [5.41, 5.74) is 5.76. The minimum absolute atomic E-state index is 0.139. The molecule has 32 heavy (non-hydrogen) atoms. The normalized spacial score (nSPS) is 11.0. The van der Waals surface area contributed by atoms with Gasteiger partial charge in [-0.1, -0.05) is 54.6 Å². The number of nitrogens with one attached hydrogen (secondary N) is 1. The van der Waals surface area contributed by atoms with Gasteiger partial charge in [0.1, 0.15) is 10.7 Å². The molecule has 0 aliphatic rings. The highest BCUT2D eigenvalue weighted by Crippen LogP contribution is 2.27. The van der Waals surface area contributed by atoms with Gasteiger partial charge in [0, 0.05) is 12.7 Å². The number of nitrogens with zero attached hydrogens (tertiary/aromatic N) is 3. The lowest BCUT2D eigenvalue weighted by atomic mass is 10.2. The summed E-state index contributed by atoms with van der Waals surface area (Å²) < 4.78 is 27.8. The smallest absolute Gasteiger partial charge is 0.265 e. The van der Waals surface area contributed by atoms with Crippen molar-refractivity contribution in [2.24, 2.45) is 0 Å². The molecule has 0 aliphatic heterocycles. The maximum absolute atomic E-state index is 13.2. The van der Waals surface area contributed by atoms with Gasteiger partial charge in [-0.15, -0.1) is 0 Å². The predicted octanol–water partition coefficient (Wildman–Crippen LogP) is 5.46. The quantitative estimate of drug-likeness (QED) is 0.366. The fourth-order valence-corrected chi connectivity index (χ4v) is 4.78. The van der Waals surface area contributed by atoms with Gasteiger partial charge in [-0.05, 0) is 55.5 Å². The van der Waals surface area contributed by atoms with Crippen molar-refractivity contribution >= 4 is 32.9 Å². The highest BCUT2D eigenvalue weighted by Gasteiger charge is 2.24. The lowest BCUT2D eigenvalue weighted by Gasteiger charge is -2.26. The van der Waals surface area contributed by atoms with Crippen molar-refractivity contribution in [1.29, 1.82) is 0 Å². The van der Waals surface area contributed by atoms with E-state index in [2.05, 4.69) is 10.4 Å². The van der Waals surface area contributed by atoms with Gasteiger partial charge in [0.15, 0.2) is 0 Å². The van der Waals surface area contributed by atoms with E-state index in [9.17, 15) is 8.42 Å². The third-order valence-electron chi connectivity index (χ3n) is 4.91. The number of para-hydroxylation sites is 3. The van der Waals surface area contributed by atoms with Gasteiger partial charge in [-0.25, -0.2) is 13.4 Å². The van der Waals surface area contributed by atoms with Crippen LogP contribution in [0.2, 0.25) is 0 Å². The summed E-state index contributed by atoms with van der Waals surface area (Å²) in [6.07, 6.45) is 1.39. The number of sulfonamides is 1. The van der Waals surface area contributed by atoms with Gasteiger partial charge in [0.25, 0.3) is 10.0 Å². The van der Waals surface area contributed by atoms with E-state index >= 15 is 0 Å². The fraction of sp³-hybridized carbons (Fsp3) is 0.0800. The van der Waals surface area contributed by atoms with Gasteiger partial charge >= 0.3 is 0 Å². The highest BCUT2D eigenvalue weighted by molar-refractivity contribution is 7.92. The van der Waals surface area contributed by atoms with Crippen molar-refractivity contribution in [3.05, 3.63) is 109 Å². The van der Waals surface area contributed by atoms with Crippen molar-refractivity contribution in [2.45, 2.75) is 11.8 Å². The zero-order valence-corrected chi connectivity index (χ0v) is 18.5. The molecule has 4 aromatic rings. The third-order valence-corrected chi connectivity index (χ3v) is 6.80. The number of benzene rings is 3. The largest absolute Gasteiger partial charge is 0.277 e. The summed E-state index contributed by atoms with van der Waals surface area (Å²) in [5, 5.41) is 1.90. The first kappa shape index (κ1) is 21.4. The Bertz CT molecular complexity index is 1190. The Morgan fingerprint density at radius 1 is 0.719 bits per heavy atom. The Balaban J connectivity index is 1.61. The number of hydrogen-bond donors (Lipinski definition) is 1. The molecule has 1 aromatic heterocycles. The zero-order valence-electron chi connectivity index (χ0n) is 17.7. The van der Waals surface area contributed by atoms with Gasteiger partial charge in [-0.2, -0.15) is 0 Å². The van der Waals surface area contributed by atoms with Crippen LogP contribution in [0.1, 0.15) is 6.92 Å². The van der Waals surface area contributed by atoms with Crippen LogP contribution >= 0.6 is 0 Å². The highest BCUT2D eigenvalue weighted by atomic mass is 32.2. The van der Waals surface area contributed by atoms with E-state index in [-0.39, 0.29) is 4.90 Å². The van der Waals surface area contributed by atoms with Gasteiger partial charge in [0.05, 0.1) is 17.1 Å². The Labute approximate surface area is 188 Å². The van der Waals surface area contributed by atoms with Crippen LogP contribution in [0.5, 0.6) is 0 Å². The average Bonchev–Trinajstić information content (AvgIpc) is 2.85. The predicted molar refractivity (Wildman–Crippen MR) is 130 cm³/mol. The van der Waals surface area contributed by atoms with Crippen LogP contribution in [0.3, 0.4) is 0 Å². The number of aromatic nitrogens is 1. The first-order valence-electron chi connectivity index (χ1n) is 10.3. The second-order valence-electron chi connectivity index (χ2n) is 7.00. The minimum atomic E-state index is -3.72. The monoisotopic (exact) mass is 444 g/mol. The maximum Gasteiger partial charge on any atom is 0.265 e. The first-order chi connectivity index (χ1) is 15.6. The molecule has 0 saturated carbocycles. The summed E-state index contributed by atoms with van der Waals surface area (Å²) >= 11 is 0. The number of hydrazine groups is 1. The maximum atomic E-state index is 13.2. The molecule has 0 radical (unpaired) electrons. The summed E-state index contributed by atoms with van der Waals surface area (Å²) in [6, 6.07) is 32.0. The number of hydrogen-bond acceptors (Lipinski definition) is 5. The molecule has 0 fully saturated rings. The zero-order chi connectivity index (χ0) is 22.4. The van der Waals surface area contributed by atoms with Gasteiger partial charge in [0.2, 0.25) is 0 Å². The number of pyridine rings is 1. The van der Waals surface area contributed by atoms with Crippen molar-refractivity contribution in [3.63, 3.8) is 0 Å². The molecular weight excluding hydrogens is 420 g/mol. The SMILES string of the molecule is CCN(c1ccccc1)S(=O)(=O)c1ccc(NN(c2ccccc2)c2ccccc2)nc1. The van der Waals surface area contributed by atoms with Crippen LogP contribution in [-0.4, -0.2) is 19.9 Å². The molecule has 0 saturated heterocycles. The van der Waals surface area contributed by atoms with E-state index in [0.29, 0.717) is 18.1 Å². The molecule has 4 rings (SSSR count). The lowest BCUT2D eigenvalue weighted by Crippen LogP contribution is -2.31. The molecule has 0 aliphatic carbocycles. The first-order valence-corrected chi connectivity index (χ1v) is 11.7. The second kappa shape index (κ2) is 9.53. The molecule has 1 N–H and O–H groups in total. The van der Waals surface area contributed by atoms with Crippen LogP contribution in [0.4, 0.5) is 22.9 Å². The number of rotatable bonds is 8. The Kier molecular flexibility index (Phi) is 6.37. The van der Waals surface area contributed by atoms with Crippen LogP contribution < -0.4 is 14.7 Å². The van der Waals surface area contributed by atoms with Gasteiger partial charge in [-0.3, -0.25) is 14.7 Å². The van der Waals surface area contributed by atoms with E-state index < -0.39 is 10.0 Å². The summed E-state index contributed by atoms with van der Waals surface area (Å²) in [6.45, 7) is 2.13. The van der Waals surface area contributed by atoms with E-state index in [1.807, 2.05) is 90.8 Å². The average molecular weight is 445 g/mol. The molecule has 6 nitrogen and oxygen atoms in total. The van der Waals surface area contributed by atoms with Gasteiger partial charge < -0.3 is 0 Å². The molecule has 7 heteroatoms. The third kappa shape index (κ3) is 4.58. The standard InChI is InChI=1S/C25H24N4O2S/c1-2-28(21-12-6-3-7-13-21)32(30,31)24-18-19-25(26-20-24)27-29(22-14-8-4-9-15-22)23-16-10-5-11-17-23/h3-20H,2H2,1H3,(H,26,27). The summed E-state index contributed by atoms with van der Waals surface area (Å²) in [7, 11) is -3.72. The minimum Gasteiger partial charge on any atom is -0.277 e. The Hall–Kier alpha value is -3.84. The van der Waals surface area contributed by atoms with Crippen molar-refractivity contribution < 1.29 is 8.42 Å². The molecular formula is C25H24N4O2S. The Morgan fingerprint density at radius 2 is 1.22 bits per heavy atom. The van der Waals surface area contributed by atoms with Crippen LogP contribution in [0.25, 0.3) is 0 Å². The fourth-order valence-electron chi connectivity index (χ4n) is 3.36. The lowest BCUT2D eigenvalue weighted by molar-refractivity contribution is 0.591. The topological polar surface area (TPSA) is 65.5 Å². The molecule has 0 atom stereocenters. The van der Waals surface area contributed by atoms with E-state index in [4.69, 9.17) is 0 Å². The van der Waals surface area contributed by atoms with E-state index in [1.165, 1.54) is 10.5 Å². The summed E-state index contributed by atoms with van der Waals surface area (Å²) in [4.78, 5) is 4.53. The van der Waals surface area contributed by atoms with Crippen LogP contribution in [-0.2, 0) is 10.0 Å². The molecule has 1 heterocycles. The molecule has 0 spiro atoms. The van der Waals surface area contributed by atoms with Crippen LogP contribution in [0, 0.1) is 0 Å². The summed E-state index contributed by atoms with van der Waals surface area (Å²) in [5.74, 6) is 0.527. The van der Waals surface area contributed by atoms with Crippen LogP contribution in [0.15, 0.2) is 114 Å². The molecule has 0 amide bonds.